The third-order valence-corrected chi connectivity index (χ3v) is 3.77. The largest absolute Gasteiger partial charge is 0.332 e. The molecule has 0 fully saturated rings. The standard InChI is InChI=1S/C15H25N5O2/c1-6-18-10-11(17-13(18)15(3,4)5)19(7-2)14(22)20(9-8-16)12(10)21/h6-9,16H2,1-5H3. The highest BCUT2D eigenvalue weighted by molar-refractivity contribution is 5.71. The van der Waals surface area contributed by atoms with Crippen LogP contribution in [0.25, 0.3) is 11.2 Å². The summed E-state index contributed by atoms with van der Waals surface area (Å²) in [4.78, 5) is 29.9. The number of nitrogens with two attached hydrogens (primary N) is 1. The van der Waals surface area contributed by atoms with Crippen molar-refractivity contribution in [1.29, 1.82) is 0 Å². The Hall–Kier alpha value is -1.89. The quantitative estimate of drug-likeness (QED) is 0.898. The van der Waals surface area contributed by atoms with Gasteiger partial charge in [-0.05, 0) is 13.8 Å². The third kappa shape index (κ3) is 2.39. The van der Waals surface area contributed by atoms with Crippen LogP contribution in [0.15, 0.2) is 9.59 Å². The maximum absolute atomic E-state index is 12.8. The van der Waals surface area contributed by atoms with Gasteiger partial charge in [-0.15, -0.1) is 0 Å². The summed E-state index contributed by atoms with van der Waals surface area (Å²) in [5.74, 6) is 0.814. The van der Waals surface area contributed by atoms with E-state index in [1.165, 1.54) is 4.57 Å². The maximum Gasteiger partial charge on any atom is 0.332 e. The van der Waals surface area contributed by atoms with Gasteiger partial charge in [0, 0.05) is 31.6 Å². The molecular weight excluding hydrogens is 282 g/mol. The molecule has 22 heavy (non-hydrogen) atoms. The Labute approximate surface area is 129 Å². The van der Waals surface area contributed by atoms with Gasteiger partial charge in [-0.2, -0.15) is 0 Å². The zero-order chi connectivity index (χ0) is 16.7. The van der Waals surface area contributed by atoms with Crippen molar-refractivity contribution >= 4 is 11.2 Å². The van der Waals surface area contributed by atoms with E-state index in [0.29, 0.717) is 24.3 Å². The molecule has 7 nitrogen and oxygen atoms in total. The van der Waals surface area contributed by atoms with Crippen LogP contribution in [0.5, 0.6) is 0 Å². The molecule has 0 unspecified atom stereocenters. The highest BCUT2D eigenvalue weighted by Crippen LogP contribution is 2.24. The Balaban J connectivity index is 3.04. The fourth-order valence-electron chi connectivity index (χ4n) is 2.78. The van der Waals surface area contributed by atoms with E-state index in [9.17, 15) is 9.59 Å². The summed E-state index contributed by atoms with van der Waals surface area (Å²) >= 11 is 0. The van der Waals surface area contributed by atoms with Crippen molar-refractivity contribution in [2.45, 2.75) is 59.7 Å². The molecule has 0 saturated carbocycles. The van der Waals surface area contributed by atoms with Crippen molar-refractivity contribution in [2.24, 2.45) is 5.73 Å². The van der Waals surface area contributed by atoms with E-state index < -0.39 is 0 Å². The highest BCUT2D eigenvalue weighted by Gasteiger charge is 2.26. The van der Waals surface area contributed by atoms with Crippen molar-refractivity contribution in [3.05, 3.63) is 26.7 Å². The van der Waals surface area contributed by atoms with Crippen LogP contribution in [0, 0.1) is 0 Å². The predicted molar refractivity (Wildman–Crippen MR) is 87.4 cm³/mol. The first-order chi connectivity index (χ1) is 10.3. The van der Waals surface area contributed by atoms with Gasteiger partial charge in [-0.25, -0.2) is 9.78 Å². The number of fused-ring (bicyclic) bond motifs is 1. The normalized spacial score (nSPS) is 12.3. The van der Waals surface area contributed by atoms with Crippen LogP contribution in [-0.2, 0) is 25.0 Å². The van der Waals surface area contributed by atoms with Gasteiger partial charge >= 0.3 is 5.69 Å². The first-order valence-corrected chi connectivity index (χ1v) is 7.72. The van der Waals surface area contributed by atoms with E-state index in [2.05, 4.69) is 4.98 Å². The molecular formula is C15H25N5O2. The van der Waals surface area contributed by atoms with E-state index >= 15 is 0 Å². The van der Waals surface area contributed by atoms with E-state index in [1.807, 2.05) is 39.2 Å². The maximum atomic E-state index is 12.8. The average Bonchev–Trinajstić information content (AvgIpc) is 2.83. The second-order valence-electron chi connectivity index (χ2n) is 6.37. The first-order valence-electron chi connectivity index (χ1n) is 7.72. The number of imidazole rings is 1. The summed E-state index contributed by atoms with van der Waals surface area (Å²) in [6.07, 6.45) is 0. The second-order valence-corrected chi connectivity index (χ2v) is 6.37. The van der Waals surface area contributed by atoms with Gasteiger partial charge in [0.2, 0.25) is 0 Å². The lowest BCUT2D eigenvalue weighted by molar-refractivity contribution is 0.511. The first kappa shape index (κ1) is 16.5. The third-order valence-electron chi connectivity index (χ3n) is 3.77. The molecule has 122 valence electrons. The van der Waals surface area contributed by atoms with E-state index in [4.69, 9.17) is 5.73 Å². The molecule has 0 aliphatic rings. The van der Waals surface area contributed by atoms with E-state index in [-0.39, 0.29) is 29.8 Å². The van der Waals surface area contributed by atoms with Gasteiger partial charge in [0.15, 0.2) is 11.2 Å². The van der Waals surface area contributed by atoms with Crippen molar-refractivity contribution in [3.63, 3.8) is 0 Å². The lowest BCUT2D eigenvalue weighted by atomic mass is 9.96. The van der Waals surface area contributed by atoms with Crippen LogP contribution in [0.3, 0.4) is 0 Å². The highest BCUT2D eigenvalue weighted by atomic mass is 16.2. The van der Waals surface area contributed by atoms with Crippen molar-refractivity contribution in [3.8, 4) is 0 Å². The number of aryl methyl sites for hydroxylation is 2. The summed E-state index contributed by atoms with van der Waals surface area (Å²) < 4.78 is 4.68. The van der Waals surface area contributed by atoms with Crippen molar-refractivity contribution in [2.75, 3.05) is 6.54 Å². The monoisotopic (exact) mass is 307 g/mol. The van der Waals surface area contributed by atoms with Gasteiger partial charge in [-0.1, -0.05) is 20.8 Å². The van der Waals surface area contributed by atoms with Gasteiger partial charge < -0.3 is 10.3 Å². The second kappa shape index (κ2) is 5.72. The number of aromatic nitrogens is 4. The van der Waals surface area contributed by atoms with E-state index in [1.54, 1.807) is 4.57 Å². The summed E-state index contributed by atoms with van der Waals surface area (Å²) in [5.41, 5.74) is 5.65. The summed E-state index contributed by atoms with van der Waals surface area (Å²) in [6, 6.07) is 0. The van der Waals surface area contributed by atoms with Crippen LogP contribution in [0.2, 0.25) is 0 Å². The number of hydrogen-bond donors (Lipinski definition) is 1. The molecule has 7 heteroatoms. The SMILES string of the molecule is CCn1c(C(C)(C)C)nc2c1c(=O)n(CCN)c(=O)n2CC. The Morgan fingerprint density at radius 1 is 1.05 bits per heavy atom. The molecule has 2 heterocycles. The zero-order valence-corrected chi connectivity index (χ0v) is 14.0. The lowest BCUT2D eigenvalue weighted by Gasteiger charge is -2.18. The van der Waals surface area contributed by atoms with Crippen molar-refractivity contribution in [1.82, 2.24) is 18.7 Å². The molecule has 0 bridgehead atoms. The zero-order valence-electron chi connectivity index (χ0n) is 14.0. The Morgan fingerprint density at radius 2 is 1.64 bits per heavy atom. The molecule has 0 amide bonds. The summed E-state index contributed by atoms with van der Waals surface area (Å²) in [7, 11) is 0. The van der Waals surface area contributed by atoms with Crippen molar-refractivity contribution < 1.29 is 0 Å². The molecule has 2 N–H and O–H groups in total. The topological polar surface area (TPSA) is 87.8 Å². The van der Waals surface area contributed by atoms with Gasteiger partial charge in [0.1, 0.15) is 5.82 Å². The molecule has 0 atom stereocenters. The molecule has 2 aromatic heterocycles. The lowest BCUT2D eigenvalue weighted by Crippen LogP contribution is -2.41. The molecule has 0 aromatic carbocycles. The molecule has 2 aromatic rings. The Kier molecular flexibility index (Phi) is 4.28. The Bertz CT molecular complexity index is 804. The number of nitrogens with zero attached hydrogens (tertiary/aromatic N) is 4. The van der Waals surface area contributed by atoms with Gasteiger partial charge in [0.25, 0.3) is 5.56 Å². The van der Waals surface area contributed by atoms with E-state index in [0.717, 1.165) is 5.82 Å². The van der Waals surface area contributed by atoms with Crippen LogP contribution in [0.4, 0.5) is 0 Å². The van der Waals surface area contributed by atoms with Gasteiger partial charge in [0.05, 0.1) is 0 Å². The number of rotatable bonds is 4. The van der Waals surface area contributed by atoms with Crippen LogP contribution >= 0.6 is 0 Å². The summed E-state index contributed by atoms with van der Waals surface area (Å²) in [5, 5.41) is 0. The summed E-state index contributed by atoms with van der Waals surface area (Å²) in [6.45, 7) is 11.6. The van der Waals surface area contributed by atoms with Crippen LogP contribution < -0.4 is 17.0 Å². The smallest absolute Gasteiger partial charge is 0.329 e. The Morgan fingerprint density at radius 3 is 2.09 bits per heavy atom. The number of hydrogen-bond acceptors (Lipinski definition) is 4. The fourth-order valence-corrected chi connectivity index (χ4v) is 2.78. The minimum atomic E-state index is -0.341. The molecule has 0 radical (unpaired) electrons. The minimum absolute atomic E-state index is 0.214. The average molecular weight is 307 g/mol. The molecule has 2 rings (SSSR count). The molecule has 0 saturated heterocycles. The fraction of sp³-hybridized carbons (Fsp3) is 0.667. The molecule has 0 aliphatic carbocycles. The molecule has 0 aliphatic heterocycles. The molecule has 0 spiro atoms. The van der Waals surface area contributed by atoms with Crippen LogP contribution in [0.1, 0.15) is 40.4 Å². The van der Waals surface area contributed by atoms with Gasteiger partial charge in [-0.3, -0.25) is 13.9 Å². The predicted octanol–water partition coefficient (Wildman–Crippen LogP) is 0.656. The minimum Gasteiger partial charge on any atom is -0.329 e. The van der Waals surface area contributed by atoms with Crippen LogP contribution in [-0.4, -0.2) is 25.2 Å².